The minimum absolute atomic E-state index is 0.0697. The van der Waals surface area contributed by atoms with Gasteiger partial charge in [-0.1, -0.05) is 26.7 Å². The molecule has 17 heavy (non-hydrogen) atoms. The van der Waals surface area contributed by atoms with Crippen LogP contribution in [0.15, 0.2) is 0 Å². The fraction of sp³-hybridized carbons (Fsp3) is 0.929. The van der Waals surface area contributed by atoms with Crippen molar-refractivity contribution in [3.63, 3.8) is 0 Å². The highest BCUT2D eigenvalue weighted by Crippen LogP contribution is 2.09. The third-order valence-corrected chi connectivity index (χ3v) is 2.62. The first-order valence-electron chi connectivity index (χ1n) is 7.02. The van der Waals surface area contributed by atoms with Gasteiger partial charge in [0.05, 0.1) is 0 Å². The van der Waals surface area contributed by atoms with Crippen LogP contribution in [0.4, 0.5) is 0 Å². The lowest BCUT2D eigenvalue weighted by Crippen LogP contribution is -2.18. The van der Waals surface area contributed by atoms with Crippen LogP contribution in [-0.4, -0.2) is 25.8 Å². The average Bonchev–Trinajstić information content (AvgIpc) is 2.34. The summed E-state index contributed by atoms with van der Waals surface area (Å²) in [6.45, 7) is 5.86. The molecule has 0 radical (unpaired) electrons. The van der Waals surface area contributed by atoms with Crippen molar-refractivity contribution >= 4 is 6.29 Å². The summed E-state index contributed by atoms with van der Waals surface area (Å²) in [4.78, 5) is 10.2. The quantitative estimate of drug-likeness (QED) is 0.281. The van der Waals surface area contributed by atoms with Crippen LogP contribution in [0.5, 0.6) is 0 Å². The number of carbonyl (C=O) groups is 1. The lowest BCUT2D eigenvalue weighted by Gasteiger charge is -2.18. The predicted molar refractivity (Wildman–Crippen MR) is 70.0 cm³/mol. The van der Waals surface area contributed by atoms with Gasteiger partial charge in [0.15, 0.2) is 6.29 Å². The van der Waals surface area contributed by atoms with E-state index in [-0.39, 0.29) is 6.29 Å². The van der Waals surface area contributed by atoms with E-state index in [1.54, 1.807) is 0 Å². The fourth-order valence-electron chi connectivity index (χ4n) is 1.47. The second-order valence-electron chi connectivity index (χ2n) is 4.33. The van der Waals surface area contributed by atoms with Gasteiger partial charge in [-0.25, -0.2) is 0 Å². The first-order chi connectivity index (χ1) is 8.35. The molecule has 0 aromatic heterocycles. The molecule has 102 valence electrons. The van der Waals surface area contributed by atoms with E-state index in [0.29, 0.717) is 6.42 Å². The van der Waals surface area contributed by atoms with Crippen LogP contribution in [0.25, 0.3) is 0 Å². The molecule has 0 fully saturated rings. The highest BCUT2D eigenvalue weighted by atomic mass is 16.7. The normalized spacial score (nSPS) is 11.0. The van der Waals surface area contributed by atoms with Gasteiger partial charge in [0.2, 0.25) is 0 Å². The maximum Gasteiger partial charge on any atom is 0.157 e. The Morgan fingerprint density at radius 3 is 2.00 bits per heavy atom. The fourth-order valence-corrected chi connectivity index (χ4v) is 1.47. The van der Waals surface area contributed by atoms with Crippen molar-refractivity contribution in [3.05, 3.63) is 0 Å². The monoisotopic (exact) mass is 244 g/mol. The Morgan fingerprint density at radius 2 is 1.53 bits per heavy atom. The van der Waals surface area contributed by atoms with Crippen molar-refractivity contribution in [1.29, 1.82) is 0 Å². The van der Waals surface area contributed by atoms with Gasteiger partial charge in [0, 0.05) is 19.6 Å². The predicted octanol–water partition coefficient (Wildman–Crippen LogP) is 3.71. The molecule has 0 aliphatic heterocycles. The van der Waals surface area contributed by atoms with Gasteiger partial charge in [-0.15, -0.1) is 0 Å². The largest absolute Gasteiger partial charge is 0.353 e. The van der Waals surface area contributed by atoms with Crippen molar-refractivity contribution in [3.8, 4) is 0 Å². The number of ether oxygens (including phenoxy) is 2. The van der Waals surface area contributed by atoms with E-state index >= 15 is 0 Å². The number of unbranched alkanes of at least 4 members (excludes halogenated alkanes) is 4. The number of carbonyl (C=O) groups excluding carboxylic acids is 1. The second kappa shape index (κ2) is 13.7. The zero-order valence-electron chi connectivity index (χ0n) is 11.5. The Morgan fingerprint density at radius 1 is 0.941 bits per heavy atom. The second-order valence-corrected chi connectivity index (χ2v) is 4.33. The van der Waals surface area contributed by atoms with E-state index in [1.165, 1.54) is 0 Å². The average molecular weight is 244 g/mol. The minimum atomic E-state index is -0.0697. The van der Waals surface area contributed by atoms with Gasteiger partial charge in [-0.2, -0.15) is 0 Å². The van der Waals surface area contributed by atoms with Gasteiger partial charge in [-0.3, -0.25) is 0 Å². The molecule has 0 atom stereocenters. The molecular weight excluding hydrogens is 216 g/mol. The van der Waals surface area contributed by atoms with Gasteiger partial charge >= 0.3 is 0 Å². The Balaban J connectivity index is 3.63. The molecule has 0 bridgehead atoms. The summed E-state index contributed by atoms with van der Waals surface area (Å²) >= 11 is 0. The maximum absolute atomic E-state index is 10.2. The molecule has 0 spiro atoms. The maximum atomic E-state index is 10.2. The minimum Gasteiger partial charge on any atom is -0.353 e. The van der Waals surface area contributed by atoms with Crippen LogP contribution in [0.2, 0.25) is 0 Å². The van der Waals surface area contributed by atoms with Gasteiger partial charge < -0.3 is 14.3 Å². The van der Waals surface area contributed by atoms with E-state index in [2.05, 4.69) is 13.8 Å². The molecule has 0 unspecified atom stereocenters. The summed E-state index contributed by atoms with van der Waals surface area (Å²) in [5.41, 5.74) is 0. The van der Waals surface area contributed by atoms with Crippen molar-refractivity contribution < 1.29 is 14.3 Å². The topological polar surface area (TPSA) is 35.5 Å². The van der Waals surface area contributed by atoms with Crippen LogP contribution < -0.4 is 0 Å². The van der Waals surface area contributed by atoms with Crippen LogP contribution in [0, 0.1) is 0 Å². The summed E-state index contributed by atoms with van der Waals surface area (Å²) in [5, 5.41) is 0. The molecular formula is C14H28O3. The first-order valence-corrected chi connectivity index (χ1v) is 7.02. The highest BCUT2D eigenvalue weighted by molar-refractivity contribution is 5.48. The Hall–Kier alpha value is -0.410. The van der Waals surface area contributed by atoms with Gasteiger partial charge in [-0.05, 0) is 32.1 Å². The summed E-state index contributed by atoms with van der Waals surface area (Å²) in [6, 6.07) is 0. The third-order valence-electron chi connectivity index (χ3n) is 2.62. The van der Waals surface area contributed by atoms with Crippen LogP contribution in [0.3, 0.4) is 0 Å². The highest BCUT2D eigenvalue weighted by Gasteiger charge is 2.08. The van der Waals surface area contributed by atoms with Crippen LogP contribution in [0.1, 0.15) is 65.2 Å². The standard InChI is InChI=1S/C14H28O3/c1-3-5-12-16-14(17-13-6-4-2)10-8-7-9-11-15/h11,14H,3-10,12-13H2,1-2H3. The lowest BCUT2D eigenvalue weighted by molar-refractivity contribution is -0.147. The SMILES string of the molecule is CCCCOC(CCCCC=O)OCCCC. The summed E-state index contributed by atoms with van der Waals surface area (Å²) in [6.07, 6.45) is 8.86. The molecule has 3 nitrogen and oxygen atoms in total. The van der Waals surface area contributed by atoms with E-state index < -0.39 is 0 Å². The first kappa shape index (κ1) is 16.6. The number of aldehydes is 1. The van der Waals surface area contributed by atoms with Gasteiger partial charge in [0.1, 0.15) is 6.29 Å². The number of rotatable bonds is 13. The molecule has 0 aromatic carbocycles. The molecule has 0 saturated carbocycles. The molecule has 0 rings (SSSR count). The van der Waals surface area contributed by atoms with E-state index in [0.717, 1.165) is 64.4 Å². The van der Waals surface area contributed by atoms with Crippen LogP contribution >= 0.6 is 0 Å². The Kier molecular flexibility index (Phi) is 13.3. The molecule has 0 aliphatic rings. The molecule has 0 heterocycles. The molecule has 0 N–H and O–H groups in total. The zero-order chi connectivity index (χ0) is 12.8. The number of hydrogen-bond donors (Lipinski definition) is 0. The van der Waals surface area contributed by atoms with E-state index in [1.807, 2.05) is 0 Å². The third kappa shape index (κ3) is 11.8. The van der Waals surface area contributed by atoms with E-state index in [4.69, 9.17) is 9.47 Å². The number of hydrogen-bond acceptors (Lipinski definition) is 3. The molecule has 0 saturated heterocycles. The summed E-state index contributed by atoms with van der Waals surface area (Å²) in [7, 11) is 0. The van der Waals surface area contributed by atoms with E-state index in [9.17, 15) is 4.79 Å². The molecule has 0 aliphatic carbocycles. The summed E-state index contributed by atoms with van der Waals surface area (Å²) in [5.74, 6) is 0. The van der Waals surface area contributed by atoms with Crippen molar-refractivity contribution in [2.24, 2.45) is 0 Å². The van der Waals surface area contributed by atoms with Crippen molar-refractivity contribution in [1.82, 2.24) is 0 Å². The zero-order valence-corrected chi connectivity index (χ0v) is 11.5. The molecule has 0 amide bonds. The van der Waals surface area contributed by atoms with Gasteiger partial charge in [0.25, 0.3) is 0 Å². The summed E-state index contributed by atoms with van der Waals surface area (Å²) < 4.78 is 11.4. The lowest BCUT2D eigenvalue weighted by atomic mass is 10.2. The van der Waals surface area contributed by atoms with Crippen molar-refractivity contribution in [2.45, 2.75) is 71.5 Å². The molecule has 3 heteroatoms. The van der Waals surface area contributed by atoms with Crippen molar-refractivity contribution in [2.75, 3.05) is 13.2 Å². The van der Waals surface area contributed by atoms with Crippen LogP contribution in [-0.2, 0) is 14.3 Å². The smallest absolute Gasteiger partial charge is 0.157 e. The molecule has 0 aromatic rings. The Bertz CT molecular complexity index is 150. The Labute approximate surface area is 106 Å².